The first kappa shape index (κ1) is 21.2. The van der Waals surface area contributed by atoms with Gasteiger partial charge in [-0.05, 0) is 34.1 Å². The van der Waals surface area contributed by atoms with Crippen molar-refractivity contribution in [2.45, 2.75) is 110 Å². The summed E-state index contributed by atoms with van der Waals surface area (Å²) in [6.07, 6.45) is 13.2. The number of hydrogen-bond donors (Lipinski definition) is 2. The Bertz CT molecular complexity index is 490. The maximum atomic E-state index is 4.84. The molecule has 0 aromatic heterocycles. The molecule has 0 saturated heterocycles. The van der Waals surface area contributed by atoms with Crippen molar-refractivity contribution in [3.05, 3.63) is 0 Å². The van der Waals surface area contributed by atoms with Crippen molar-refractivity contribution in [3.63, 3.8) is 0 Å². The van der Waals surface area contributed by atoms with Crippen LogP contribution in [0, 0.1) is 5.92 Å². The Morgan fingerprint density at radius 3 is 1.92 bits per heavy atom. The zero-order valence-corrected chi connectivity index (χ0v) is 18.0. The number of nitrogens with one attached hydrogen (secondary N) is 2. The van der Waals surface area contributed by atoms with Gasteiger partial charge in [0.05, 0.1) is 30.0 Å². The van der Waals surface area contributed by atoms with Gasteiger partial charge < -0.3 is 10.6 Å². The Hall–Kier alpha value is -1.06. The number of hydrogen-bond acceptors (Lipinski definition) is 4. The minimum absolute atomic E-state index is 0.108. The van der Waals surface area contributed by atoms with E-state index in [1.54, 1.807) is 0 Å². The smallest absolute Gasteiger partial charge is 0.100 e. The van der Waals surface area contributed by atoms with Gasteiger partial charge in [0.2, 0.25) is 0 Å². The van der Waals surface area contributed by atoms with E-state index in [9.17, 15) is 0 Å². The van der Waals surface area contributed by atoms with Crippen LogP contribution in [0.5, 0.6) is 0 Å². The molecule has 150 valence electrons. The summed E-state index contributed by atoms with van der Waals surface area (Å²) in [6.45, 7) is 13.0. The van der Waals surface area contributed by atoms with Crippen LogP contribution in [0.4, 0.5) is 0 Å². The van der Waals surface area contributed by atoms with Crippen LogP contribution in [0.2, 0.25) is 0 Å². The normalized spacial score (nSPS) is 21.7. The second kappa shape index (κ2) is 9.75. The molecule has 0 bridgehead atoms. The standard InChI is InChI=1S/C22H42N4/c1-6-7-8-9-10-11-12-13-14-18(20-24-17-22(4,5)26-20)15-19-23-16-21(2,3)25-19/h18H,6-17H2,1-5H3,(H,23,25)(H,24,26). The predicted octanol–water partition coefficient (Wildman–Crippen LogP) is 5.08. The fourth-order valence-corrected chi connectivity index (χ4v) is 3.91. The molecule has 0 spiro atoms. The van der Waals surface area contributed by atoms with Crippen molar-refractivity contribution in [1.29, 1.82) is 0 Å². The van der Waals surface area contributed by atoms with Crippen LogP contribution in [0.25, 0.3) is 0 Å². The minimum atomic E-state index is 0.108. The SMILES string of the molecule is CCCCCCCCCCC(CC1=NCC(C)(C)N1)C1=NCC(C)(C)N1. The van der Waals surface area contributed by atoms with Gasteiger partial charge in [-0.1, -0.05) is 58.3 Å². The Balaban J connectivity index is 1.77. The molecule has 2 N–H and O–H groups in total. The molecule has 2 aliphatic heterocycles. The molecule has 1 unspecified atom stereocenters. The third-order valence-electron chi connectivity index (χ3n) is 5.49. The van der Waals surface area contributed by atoms with Crippen LogP contribution in [-0.4, -0.2) is 35.8 Å². The van der Waals surface area contributed by atoms with Gasteiger partial charge in [-0.2, -0.15) is 0 Å². The van der Waals surface area contributed by atoms with E-state index in [4.69, 9.17) is 9.98 Å². The second-order valence-electron chi connectivity index (χ2n) is 9.65. The summed E-state index contributed by atoms with van der Waals surface area (Å²) in [6, 6.07) is 0. The maximum absolute atomic E-state index is 4.84. The largest absolute Gasteiger partial charge is 0.367 e. The molecule has 0 aromatic rings. The molecule has 0 radical (unpaired) electrons. The van der Waals surface area contributed by atoms with E-state index in [-0.39, 0.29) is 11.1 Å². The number of nitrogens with zero attached hydrogens (tertiary/aromatic N) is 2. The monoisotopic (exact) mass is 362 g/mol. The quantitative estimate of drug-likeness (QED) is 0.475. The van der Waals surface area contributed by atoms with Crippen LogP contribution in [0.1, 0.15) is 98.8 Å². The second-order valence-corrected chi connectivity index (χ2v) is 9.65. The molecule has 26 heavy (non-hydrogen) atoms. The average molecular weight is 363 g/mol. The molecule has 0 saturated carbocycles. The van der Waals surface area contributed by atoms with Gasteiger partial charge in [-0.15, -0.1) is 0 Å². The van der Waals surface area contributed by atoms with Gasteiger partial charge >= 0.3 is 0 Å². The molecular formula is C22H42N4. The van der Waals surface area contributed by atoms with Crippen LogP contribution in [0.15, 0.2) is 9.98 Å². The molecular weight excluding hydrogens is 320 g/mol. The molecule has 0 aromatic carbocycles. The Labute approximate surface area is 161 Å². The zero-order chi connectivity index (χ0) is 19.0. The number of amidine groups is 2. The Morgan fingerprint density at radius 1 is 0.808 bits per heavy atom. The first-order valence-corrected chi connectivity index (χ1v) is 11.0. The molecule has 0 aliphatic carbocycles. The van der Waals surface area contributed by atoms with Crippen molar-refractivity contribution < 1.29 is 0 Å². The summed E-state index contributed by atoms with van der Waals surface area (Å²) in [5.74, 6) is 2.87. The number of rotatable bonds is 12. The fourth-order valence-electron chi connectivity index (χ4n) is 3.91. The van der Waals surface area contributed by atoms with E-state index in [0.717, 1.165) is 19.5 Å². The highest BCUT2D eigenvalue weighted by Crippen LogP contribution is 2.23. The third kappa shape index (κ3) is 7.28. The van der Waals surface area contributed by atoms with E-state index < -0.39 is 0 Å². The number of unbranched alkanes of at least 4 members (excludes halogenated alkanes) is 7. The van der Waals surface area contributed by atoms with E-state index >= 15 is 0 Å². The molecule has 2 rings (SSSR count). The Kier molecular flexibility index (Phi) is 7.97. The summed E-state index contributed by atoms with van der Waals surface area (Å²) in [5.41, 5.74) is 0.222. The van der Waals surface area contributed by atoms with Crippen molar-refractivity contribution in [1.82, 2.24) is 10.6 Å². The van der Waals surface area contributed by atoms with Crippen LogP contribution < -0.4 is 10.6 Å². The third-order valence-corrected chi connectivity index (χ3v) is 5.49. The maximum Gasteiger partial charge on any atom is 0.100 e. The lowest BCUT2D eigenvalue weighted by Crippen LogP contribution is -2.44. The van der Waals surface area contributed by atoms with Gasteiger partial charge in [0, 0.05) is 12.3 Å². The summed E-state index contributed by atoms with van der Waals surface area (Å²) in [5, 5.41) is 7.27. The van der Waals surface area contributed by atoms with E-state index in [0.29, 0.717) is 5.92 Å². The molecule has 1 atom stereocenters. The molecule has 2 aliphatic rings. The lowest BCUT2D eigenvalue weighted by Gasteiger charge is -2.24. The first-order valence-electron chi connectivity index (χ1n) is 11.0. The summed E-state index contributed by atoms with van der Waals surface area (Å²) in [4.78, 5) is 9.58. The van der Waals surface area contributed by atoms with E-state index in [2.05, 4.69) is 45.3 Å². The van der Waals surface area contributed by atoms with Gasteiger partial charge in [0.1, 0.15) is 5.84 Å². The van der Waals surface area contributed by atoms with E-state index in [1.807, 2.05) is 0 Å². The summed E-state index contributed by atoms with van der Waals surface area (Å²) >= 11 is 0. The summed E-state index contributed by atoms with van der Waals surface area (Å²) in [7, 11) is 0. The molecule has 4 heteroatoms. The van der Waals surface area contributed by atoms with Crippen molar-refractivity contribution in [2.24, 2.45) is 15.9 Å². The minimum Gasteiger partial charge on any atom is -0.367 e. The highest BCUT2D eigenvalue weighted by atomic mass is 15.2. The van der Waals surface area contributed by atoms with Gasteiger partial charge in [0.25, 0.3) is 0 Å². The van der Waals surface area contributed by atoms with Crippen molar-refractivity contribution >= 4 is 11.7 Å². The predicted molar refractivity (Wildman–Crippen MR) is 114 cm³/mol. The molecule has 2 heterocycles. The van der Waals surface area contributed by atoms with E-state index in [1.165, 1.54) is 69.5 Å². The van der Waals surface area contributed by atoms with Crippen LogP contribution in [-0.2, 0) is 0 Å². The molecule has 0 fully saturated rings. The van der Waals surface area contributed by atoms with Crippen molar-refractivity contribution in [2.75, 3.05) is 13.1 Å². The average Bonchev–Trinajstić information content (AvgIpc) is 3.10. The van der Waals surface area contributed by atoms with Crippen LogP contribution >= 0.6 is 0 Å². The van der Waals surface area contributed by atoms with Gasteiger partial charge in [-0.25, -0.2) is 0 Å². The first-order chi connectivity index (χ1) is 12.3. The topological polar surface area (TPSA) is 48.8 Å². The summed E-state index contributed by atoms with van der Waals surface area (Å²) < 4.78 is 0. The lowest BCUT2D eigenvalue weighted by molar-refractivity contribution is 0.482. The Morgan fingerprint density at radius 2 is 1.38 bits per heavy atom. The van der Waals surface area contributed by atoms with Crippen LogP contribution in [0.3, 0.4) is 0 Å². The lowest BCUT2D eigenvalue weighted by atomic mass is 9.94. The highest BCUT2D eigenvalue weighted by molar-refractivity contribution is 5.93. The number of aliphatic imine (C=N–C) groups is 2. The molecule has 4 nitrogen and oxygen atoms in total. The van der Waals surface area contributed by atoms with Gasteiger partial charge in [-0.3, -0.25) is 9.98 Å². The molecule has 0 amide bonds. The van der Waals surface area contributed by atoms with Crippen molar-refractivity contribution in [3.8, 4) is 0 Å². The van der Waals surface area contributed by atoms with Gasteiger partial charge in [0.15, 0.2) is 0 Å². The fraction of sp³-hybridized carbons (Fsp3) is 0.909. The zero-order valence-electron chi connectivity index (χ0n) is 18.0. The highest BCUT2D eigenvalue weighted by Gasteiger charge is 2.32.